The molecular weight excluding hydrogens is 456 g/mol. The third-order valence-electron chi connectivity index (χ3n) is 5.34. The number of carbonyl (C=O) groups excluding carboxylic acids is 3. The Morgan fingerprint density at radius 3 is 2.56 bits per heavy atom. The average Bonchev–Trinajstić information content (AvgIpc) is 3.12. The second-order valence-electron chi connectivity index (χ2n) is 7.67. The summed E-state index contributed by atoms with van der Waals surface area (Å²) in [4.78, 5) is 41.0. The first-order chi connectivity index (χ1) is 16.5. The number of ether oxygens (including phenoxy) is 3. The molecule has 0 saturated carbocycles. The van der Waals surface area contributed by atoms with Gasteiger partial charge in [0, 0.05) is 13.1 Å². The van der Waals surface area contributed by atoms with Crippen molar-refractivity contribution in [3.8, 4) is 11.5 Å². The van der Waals surface area contributed by atoms with E-state index in [1.807, 2.05) is 37.3 Å². The summed E-state index contributed by atoms with van der Waals surface area (Å²) in [7, 11) is 0. The van der Waals surface area contributed by atoms with Gasteiger partial charge < -0.3 is 19.1 Å². The van der Waals surface area contributed by atoms with Crippen molar-refractivity contribution in [3.63, 3.8) is 0 Å². The summed E-state index contributed by atoms with van der Waals surface area (Å²) in [6.07, 6.45) is 1.67. The van der Waals surface area contributed by atoms with Crippen LogP contribution < -0.4 is 9.47 Å². The molecule has 2 aromatic carbocycles. The van der Waals surface area contributed by atoms with Crippen molar-refractivity contribution in [3.05, 3.63) is 64.6 Å². The molecule has 2 fully saturated rings. The molecule has 0 spiro atoms. The van der Waals surface area contributed by atoms with E-state index < -0.39 is 0 Å². The molecule has 0 atom stereocenters. The van der Waals surface area contributed by atoms with E-state index in [1.165, 1.54) is 4.90 Å². The van der Waals surface area contributed by atoms with E-state index in [4.69, 9.17) is 14.2 Å². The van der Waals surface area contributed by atoms with Crippen LogP contribution in [0.2, 0.25) is 0 Å². The predicted molar refractivity (Wildman–Crippen MR) is 128 cm³/mol. The Morgan fingerprint density at radius 1 is 1.06 bits per heavy atom. The smallest absolute Gasteiger partial charge is 0.293 e. The summed E-state index contributed by atoms with van der Waals surface area (Å²) in [6.45, 7) is 4.56. The maximum Gasteiger partial charge on any atom is 0.293 e. The van der Waals surface area contributed by atoms with Crippen molar-refractivity contribution in [2.24, 2.45) is 0 Å². The zero-order valence-corrected chi connectivity index (χ0v) is 19.7. The SMILES string of the molecule is CCOc1cc(/C=C2\SC(=O)N(Cc3ccccc3)C2=O)ccc1OCC(=O)N1CCOCC1. The molecule has 3 amide bonds. The van der Waals surface area contributed by atoms with Gasteiger partial charge in [-0.05, 0) is 48.0 Å². The molecule has 34 heavy (non-hydrogen) atoms. The molecule has 178 valence electrons. The molecule has 0 bridgehead atoms. The van der Waals surface area contributed by atoms with Gasteiger partial charge in [-0.15, -0.1) is 0 Å². The quantitative estimate of drug-likeness (QED) is 0.532. The van der Waals surface area contributed by atoms with Crippen LogP contribution in [0.25, 0.3) is 6.08 Å². The molecule has 4 rings (SSSR count). The maximum atomic E-state index is 12.8. The lowest BCUT2D eigenvalue weighted by Gasteiger charge is -2.26. The monoisotopic (exact) mass is 482 g/mol. The van der Waals surface area contributed by atoms with E-state index in [1.54, 1.807) is 29.2 Å². The van der Waals surface area contributed by atoms with E-state index >= 15 is 0 Å². The van der Waals surface area contributed by atoms with Gasteiger partial charge in [0.25, 0.3) is 17.1 Å². The molecular formula is C25H26N2O6S. The summed E-state index contributed by atoms with van der Waals surface area (Å²) in [5, 5.41) is -0.299. The Balaban J connectivity index is 1.45. The molecule has 0 unspecified atom stereocenters. The number of hydrogen-bond donors (Lipinski definition) is 0. The highest BCUT2D eigenvalue weighted by Crippen LogP contribution is 2.35. The summed E-state index contributed by atoms with van der Waals surface area (Å²) >= 11 is 0.915. The Kier molecular flexibility index (Phi) is 7.87. The number of morpholine rings is 1. The Bertz CT molecular complexity index is 1080. The molecule has 9 heteroatoms. The second kappa shape index (κ2) is 11.2. The number of nitrogens with zero attached hydrogens (tertiary/aromatic N) is 2. The van der Waals surface area contributed by atoms with Gasteiger partial charge in [-0.2, -0.15) is 0 Å². The molecule has 0 aromatic heterocycles. The van der Waals surface area contributed by atoms with Crippen LogP contribution in [-0.2, 0) is 20.9 Å². The molecule has 0 radical (unpaired) electrons. The van der Waals surface area contributed by atoms with E-state index in [-0.39, 0.29) is 30.2 Å². The van der Waals surface area contributed by atoms with Gasteiger partial charge >= 0.3 is 0 Å². The lowest BCUT2D eigenvalue weighted by molar-refractivity contribution is -0.137. The van der Waals surface area contributed by atoms with Crippen molar-refractivity contribution < 1.29 is 28.6 Å². The van der Waals surface area contributed by atoms with E-state index in [0.717, 1.165) is 17.3 Å². The fraction of sp³-hybridized carbons (Fsp3) is 0.320. The van der Waals surface area contributed by atoms with Crippen LogP contribution in [0.4, 0.5) is 4.79 Å². The molecule has 8 nitrogen and oxygen atoms in total. The van der Waals surface area contributed by atoms with E-state index in [2.05, 4.69) is 0 Å². The first-order valence-electron chi connectivity index (χ1n) is 11.1. The zero-order valence-electron chi connectivity index (χ0n) is 18.9. The van der Waals surface area contributed by atoms with Gasteiger partial charge in [-0.3, -0.25) is 19.3 Å². The van der Waals surface area contributed by atoms with Crippen molar-refractivity contribution in [1.82, 2.24) is 9.80 Å². The largest absolute Gasteiger partial charge is 0.490 e. The van der Waals surface area contributed by atoms with Crippen molar-refractivity contribution >= 4 is 34.9 Å². The van der Waals surface area contributed by atoms with Gasteiger partial charge in [0.05, 0.1) is 31.3 Å². The van der Waals surface area contributed by atoms with Gasteiger partial charge in [0.15, 0.2) is 18.1 Å². The number of hydrogen-bond acceptors (Lipinski definition) is 7. The lowest BCUT2D eigenvalue weighted by Crippen LogP contribution is -2.43. The fourth-order valence-corrected chi connectivity index (χ4v) is 4.44. The summed E-state index contributed by atoms with van der Waals surface area (Å²) in [5.41, 5.74) is 1.58. The molecule has 2 aliphatic rings. The van der Waals surface area contributed by atoms with Gasteiger partial charge in [0.1, 0.15) is 0 Å². The molecule has 2 heterocycles. The minimum atomic E-state index is -0.326. The molecule has 2 aromatic rings. The fourth-order valence-electron chi connectivity index (χ4n) is 3.60. The number of rotatable bonds is 8. The minimum Gasteiger partial charge on any atom is -0.490 e. The third kappa shape index (κ3) is 5.78. The number of carbonyl (C=O) groups is 3. The molecule has 2 aliphatic heterocycles. The topological polar surface area (TPSA) is 85.4 Å². The first kappa shape index (κ1) is 23.8. The van der Waals surface area contributed by atoms with Gasteiger partial charge in [-0.25, -0.2) is 0 Å². The van der Waals surface area contributed by atoms with Crippen LogP contribution in [0.1, 0.15) is 18.1 Å². The van der Waals surface area contributed by atoms with Crippen LogP contribution in [0.15, 0.2) is 53.4 Å². The molecule has 0 N–H and O–H groups in total. The minimum absolute atomic E-state index is 0.0994. The average molecular weight is 483 g/mol. The van der Waals surface area contributed by atoms with Gasteiger partial charge in [-0.1, -0.05) is 36.4 Å². The number of amides is 3. The van der Waals surface area contributed by atoms with Crippen molar-refractivity contribution in [2.75, 3.05) is 39.5 Å². The highest BCUT2D eigenvalue weighted by molar-refractivity contribution is 8.18. The van der Waals surface area contributed by atoms with E-state index in [0.29, 0.717) is 54.9 Å². The molecule has 0 aliphatic carbocycles. The van der Waals surface area contributed by atoms with Crippen LogP contribution in [-0.4, -0.2) is 66.4 Å². The van der Waals surface area contributed by atoms with Crippen LogP contribution in [0.5, 0.6) is 11.5 Å². The number of imide groups is 1. The maximum absolute atomic E-state index is 12.8. The first-order valence-corrected chi connectivity index (χ1v) is 11.9. The lowest BCUT2D eigenvalue weighted by atomic mass is 10.1. The zero-order chi connectivity index (χ0) is 23.9. The normalized spacial score (nSPS) is 17.4. The van der Waals surface area contributed by atoms with Gasteiger partial charge in [0.2, 0.25) is 0 Å². The summed E-state index contributed by atoms with van der Waals surface area (Å²) in [6, 6.07) is 14.6. The summed E-state index contributed by atoms with van der Waals surface area (Å²) in [5.74, 6) is 0.475. The third-order valence-corrected chi connectivity index (χ3v) is 6.24. The standard InChI is InChI=1S/C25H26N2O6S/c1-2-32-21-14-19(8-9-20(21)33-17-23(28)26-10-12-31-13-11-26)15-22-24(29)27(25(30)34-22)16-18-6-4-3-5-7-18/h3-9,14-15H,2,10-13,16-17H2,1H3/b22-15-. The Morgan fingerprint density at radius 2 is 1.82 bits per heavy atom. The number of thioether (sulfide) groups is 1. The van der Waals surface area contributed by atoms with E-state index in [9.17, 15) is 14.4 Å². The van der Waals surface area contributed by atoms with Crippen LogP contribution in [0, 0.1) is 0 Å². The van der Waals surface area contributed by atoms with Crippen LogP contribution in [0.3, 0.4) is 0 Å². The Labute approximate surface area is 202 Å². The molecule has 2 saturated heterocycles. The highest BCUT2D eigenvalue weighted by atomic mass is 32.2. The predicted octanol–water partition coefficient (Wildman–Crippen LogP) is 3.56. The second-order valence-corrected chi connectivity index (χ2v) is 8.67. The number of benzene rings is 2. The Hall–Kier alpha value is -3.30. The summed E-state index contributed by atoms with van der Waals surface area (Å²) < 4.78 is 16.7. The van der Waals surface area contributed by atoms with Crippen molar-refractivity contribution in [1.29, 1.82) is 0 Å². The van der Waals surface area contributed by atoms with Crippen molar-refractivity contribution in [2.45, 2.75) is 13.5 Å². The van der Waals surface area contributed by atoms with Crippen LogP contribution >= 0.6 is 11.8 Å². The highest BCUT2D eigenvalue weighted by Gasteiger charge is 2.35.